The molecule has 0 aliphatic carbocycles. The second-order valence-corrected chi connectivity index (χ2v) is 9.73. The van der Waals surface area contributed by atoms with Crippen LogP contribution in [0.2, 0.25) is 0 Å². The maximum absolute atomic E-state index is 5.89. The Kier molecular flexibility index (Phi) is 14.6. The van der Waals surface area contributed by atoms with Crippen LogP contribution in [0.15, 0.2) is 36.7 Å². The van der Waals surface area contributed by atoms with Gasteiger partial charge in [-0.25, -0.2) is 9.97 Å². The zero-order valence-electron chi connectivity index (χ0n) is 21.7. The molecule has 1 unspecified atom stereocenters. The number of hydrogen-bond acceptors (Lipinski definition) is 3. The van der Waals surface area contributed by atoms with Crippen molar-refractivity contribution < 1.29 is 4.74 Å². The first-order chi connectivity index (χ1) is 16.2. The molecule has 0 N–H and O–H groups in total. The molecule has 1 atom stereocenters. The lowest BCUT2D eigenvalue weighted by Gasteiger charge is -2.09. The summed E-state index contributed by atoms with van der Waals surface area (Å²) >= 11 is 0. The number of aromatic nitrogens is 2. The summed E-state index contributed by atoms with van der Waals surface area (Å²) in [5, 5.41) is 0. The van der Waals surface area contributed by atoms with E-state index >= 15 is 0 Å². The summed E-state index contributed by atoms with van der Waals surface area (Å²) in [6, 6.07) is 8.19. The third-order valence-corrected chi connectivity index (χ3v) is 6.69. The molecule has 3 nitrogen and oxygen atoms in total. The minimum atomic E-state index is 0.792. The number of benzene rings is 1. The number of nitrogens with zero attached hydrogens (tertiary/aromatic N) is 2. The second kappa shape index (κ2) is 17.6. The van der Waals surface area contributed by atoms with Gasteiger partial charge in [-0.15, -0.1) is 0 Å². The van der Waals surface area contributed by atoms with Gasteiger partial charge in [0.2, 0.25) is 0 Å². The molecule has 2 aromatic rings. The molecule has 1 heterocycles. The van der Waals surface area contributed by atoms with Gasteiger partial charge >= 0.3 is 0 Å². The minimum absolute atomic E-state index is 0.792. The van der Waals surface area contributed by atoms with E-state index in [1.54, 1.807) is 0 Å². The van der Waals surface area contributed by atoms with Crippen LogP contribution < -0.4 is 4.74 Å². The van der Waals surface area contributed by atoms with E-state index in [2.05, 4.69) is 42.9 Å². The predicted octanol–water partition coefficient (Wildman–Crippen LogP) is 9.20. The summed E-state index contributed by atoms with van der Waals surface area (Å²) in [5.74, 6) is 2.55. The fourth-order valence-corrected chi connectivity index (χ4v) is 4.14. The molecule has 1 aromatic heterocycles. The van der Waals surface area contributed by atoms with Gasteiger partial charge in [-0.1, -0.05) is 91.4 Å². The third kappa shape index (κ3) is 12.2. The van der Waals surface area contributed by atoms with Gasteiger partial charge in [0.1, 0.15) is 5.75 Å². The number of unbranched alkanes of at least 4 members (excludes halogenated alkanes) is 10. The first kappa shape index (κ1) is 27.3. The number of ether oxygens (including phenoxy) is 1. The SMILES string of the molecule is CCCCCCCCCCCCc1cnc(-c2ccc(OCCCCC(C)CC)cc2)nc1. The molecule has 3 heteroatoms. The summed E-state index contributed by atoms with van der Waals surface area (Å²) in [6.45, 7) is 7.66. The van der Waals surface area contributed by atoms with Crippen molar-refractivity contribution in [1.29, 1.82) is 0 Å². The number of hydrogen-bond donors (Lipinski definition) is 0. The Hall–Kier alpha value is -1.90. The molecule has 0 saturated heterocycles. The first-order valence-electron chi connectivity index (χ1n) is 13.8. The van der Waals surface area contributed by atoms with Gasteiger partial charge in [0.25, 0.3) is 0 Å². The predicted molar refractivity (Wildman–Crippen MR) is 142 cm³/mol. The zero-order valence-corrected chi connectivity index (χ0v) is 21.7. The topological polar surface area (TPSA) is 35.0 Å². The molecule has 0 bridgehead atoms. The number of aryl methyl sites for hydroxylation is 1. The van der Waals surface area contributed by atoms with Crippen LogP contribution in [0, 0.1) is 5.92 Å². The molecule has 1 aromatic carbocycles. The van der Waals surface area contributed by atoms with Crippen LogP contribution in [-0.4, -0.2) is 16.6 Å². The van der Waals surface area contributed by atoms with Crippen LogP contribution in [0.4, 0.5) is 0 Å². The van der Waals surface area contributed by atoms with Crippen LogP contribution in [0.5, 0.6) is 5.75 Å². The Morgan fingerprint density at radius 1 is 0.727 bits per heavy atom. The van der Waals surface area contributed by atoms with E-state index in [-0.39, 0.29) is 0 Å². The van der Waals surface area contributed by atoms with E-state index < -0.39 is 0 Å². The van der Waals surface area contributed by atoms with Gasteiger partial charge in [-0.2, -0.15) is 0 Å². The van der Waals surface area contributed by atoms with Crippen molar-refractivity contribution in [2.45, 2.75) is 117 Å². The molecule has 0 aliphatic heterocycles. The lowest BCUT2D eigenvalue weighted by molar-refractivity contribution is 0.300. The summed E-state index contributed by atoms with van der Waals surface area (Å²) in [7, 11) is 0. The van der Waals surface area contributed by atoms with Gasteiger partial charge < -0.3 is 4.74 Å². The summed E-state index contributed by atoms with van der Waals surface area (Å²) in [5.41, 5.74) is 2.29. The Balaban J connectivity index is 1.60. The van der Waals surface area contributed by atoms with E-state index in [0.29, 0.717) is 0 Å². The van der Waals surface area contributed by atoms with Crippen molar-refractivity contribution in [2.24, 2.45) is 5.92 Å². The lowest BCUT2D eigenvalue weighted by Crippen LogP contribution is -1.99. The molecule has 184 valence electrons. The summed E-state index contributed by atoms with van der Waals surface area (Å²) < 4.78 is 5.89. The highest BCUT2D eigenvalue weighted by atomic mass is 16.5. The maximum Gasteiger partial charge on any atom is 0.159 e. The number of rotatable bonds is 19. The van der Waals surface area contributed by atoms with Crippen molar-refractivity contribution in [3.05, 3.63) is 42.2 Å². The molecule has 0 fully saturated rings. The lowest BCUT2D eigenvalue weighted by atomic mass is 10.0. The fourth-order valence-electron chi connectivity index (χ4n) is 4.14. The molecule has 33 heavy (non-hydrogen) atoms. The standard InChI is InChI=1S/C30H48N2O/c1-4-6-7-8-9-10-11-12-13-14-18-27-24-31-30(32-25-27)28-19-21-29(22-20-28)33-23-16-15-17-26(3)5-2/h19-22,24-26H,4-18,23H2,1-3H3. The average Bonchev–Trinajstić information content (AvgIpc) is 2.85. The van der Waals surface area contributed by atoms with Crippen LogP contribution >= 0.6 is 0 Å². The van der Waals surface area contributed by atoms with Crippen molar-refractivity contribution in [3.8, 4) is 17.1 Å². The molecule has 2 rings (SSSR count). The van der Waals surface area contributed by atoms with E-state index in [0.717, 1.165) is 42.5 Å². The quantitative estimate of drug-likeness (QED) is 0.199. The van der Waals surface area contributed by atoms with Gasteiger partial charge in [0.15, 0.2) is 5.82 Å². The smallest absolute Gasteiger partial charge is 0.159 e. The molecule has 0 spiro atoms. The summed E-state index contributed by atoms with van der Waals surface area (Å²) in [6.07, 6.45) is 23.7. The molecule has 0 saturated carbocycles. The highest BCUT2D eigenvalue weighted by Crippen LogP contribution is 2.20. The Morgan fingerprint density at radius 2 is 1.33 bits per heavy atom. The van der Waals surface area contributed by atoms with Crippen LogP contribution in [0.3, 0.4) is 0 Å². The van der Waals surface area contributed by atoms with Crippen molar-refractivity contribution in [2.75, 3.05) is 6.61 Å². The molecular formula is C30H48N2O. The molecular weight excluding hydrogens is 404 g/mol. The average molecular weight is 453 g/mol. The van der Waals surface area contributed by atoms with Crippen molar-refractivity contribution >= 4 is 0 Å². The molecule has 0 amide bonds. The monoisotopic (exact) mass is 452 g/mol. The van der Waals surface area contributed by atoms with Crippen LogP contribution in [0.25, 0.3) is 11.4 Å². The second-order valence-electron chi connectivity index (χ2n) is 9.73. The maximum atomic E-state index is 5.89. The van der Waals surface area contributed by atoms with E-state index in [9.17, 15) is 0 Å². The first-order valence-corrected chi connectivity index (χ1v) is 13.8. The van der Waals surface area contributed by atoms with Crippen molar-refractivity contribution in [1.82, 2.24) is 9.97 Å². The third-order valence-electron chi connectivity index (χ3n) is 6.69. The Bertz CT molecular complexity index is 711. The Morgan fingerprint density at radius 3 is 1.94 bits per heavy atom. The Labute approximate surface area is 203 Å². The van der Waals surface area contributed by atoms with E-state index in [1.165, 1.54) is 89.0 Å². The summed E-state index contributed by atoms with van der Waals surface area (Å²) in [4.78, 5) is 9.20. The highest BCUT2D eigenvalue weighted by molar-refractivity contribution is 5.55. The van der Waals surface area contributed by atoms with E-state index in [4.69, 9.17) is 4.74 Å². The minimum Gasteiger partial charge on any atom is -0.494 e. The molecule has 0 radical (unpaired) electrons. The zero-order chi connectivity index (χ0) is 23.6. The van der Waals surface area contributed by atoms with Crippen molar-refractivity contribution in [3.63, 3.8) is 0 Å². The van der Waals surface area contributed by atoms with Crippen LogP contribution in [0.1, 0.15) is 116 Å². The fraction of sp³-hybridized carbons (Fsp3) is 0.667. The van der Waals surface area contributed by atoms with Gasteiger partial charge in [-0.3, -0.25) is 0 Å². The highest BCUT2D eigenvalue weighted by Gasteiger charge is 2.04. The van der Waals surface area contributed by atoms with Gasteiger partial charge in [0, 0.05) is 18.0 Å². The van der Waals surface area contributed by atoms with Gasteiger partial charge in [-0.05, 0) is 61.4 Å². The van der Waals surface area contributed by atoms with E-state index in [1.807, 2.05) is 24.5 Å². The largest absolute Gasteiger partial charge is 0.494 e. The normalized spacial score (nSPS) is 12.1. The molecule has 0 aliphatic rings. The van der Waals surface area contributed by atoms with Crippen LogP contribution in [-0.2, 0) is 6.42 Å². The van der Waals surface area contributed by atoms with Gasteiger partial charge in [0.05, 0.1) is 6.61 Å².